The molecule has 0 aliphatic carbocycles. The Bertz CT molecular complexity index is 485. The van der Waals surface area contributed by atoms with Crippen molar-refractivity contribution in [3.63, 3.8) is 0 Å². The maximum Gasteiger partial charge on any atom is 0.178 e. The third-order valence-corrected chi connectivity index (χ3v) is 2.12. The largest absolute Gasteiger partial charge is 0.304 e. The van der Waals surface area contributed by atoms with E-state index in [0.717, 1.165) is 11.4 Å². The number of pyridine rings is 1. The number of Topliss-reactive ketones (excluding diaryl/α,β-unsaturated/α-hetero) is 1. The van der Waals surface area contributed by atoms with Gasteiger partial charge >= 0.3 is 0 Å². The van der Waals surface area contributed by atoms with Gasteiger partial charge in [0.05, 0.1) is 23.9 Å². The van der Waals surface area contributed by atoms with Gasteiger partial charge in [0.2, 0.25) is 0 Å². The van der Waals surface area contributed by atoms with Gasteiger partial charge in [-0.25, -0.2) is 4.98 Å². The minimum absolute atomic E-state index is 0.0247. The predicted molar refractivity (Wildman–Crippen MR) is 56.1 cm³/mol. The van der Waals surface area contributed by atoms with Gasteiger partial charge in [-0.1, -0.05) is 0 Å². The van der Waals surface area contributed by atoms with E-state index in [9.17, 15) is 4.79 Å². The van der Waals surface area contributed by atoms with Crippen LogP contribution >= 0.6 is 0 Å². The third kappa shape index (κ3) is 1.93. The number of ketones is 1. The van der Waals surface area contributed by atoms with Crippen LogP contribution in [0.4, 0.5) is 0 Å². The Labute approximate surface area is 87.6 Å². The summed E-state index contributed by atoms with van der Waals surface area (Å²) >= 11 is 0. The van der Waals surface area contributed by atoms with Crippen LogP contribution in [-0.4, -0.2) is 20.3 Å². The second-order valence-electron chi connectivity index (χ2n) is 3.38. The normalized spacial score (nSPS) is 10.3. The first-order valence-corrected chi connectivity index (χ1v) is 4.65. The number of aryl methyl sites for hydroxylation is 1. The first-order chi connectivity index (χ1) is 7.16. The van der Waals surface area contributed by atoms with Crippen molar-refractivity contribution in [3.05, 3.63) is 42.2 Å². The summed E-state index contributed by atoms with van der Waals surface area (Å²) in [6.45, 7) is 3.43. The number of carbonyl (C=O) groups excluding carboxylic acids is 1. The molecule has 0 bridgehead atoms. The predicted octanol–water partition coefficient (Wildman–Crippen LogP) is 1.78. The summed E-state index contributed by atoms with van der Waals surface area (Å²) in [7, 11) is 0. The molecule has 4 heteroatoms. The van der Waals surface area contributed by atoms with E-state index >= 15 is 0 Å². The van der Waals surface area contributed by atoms with E-state index in [2.05, 4.69) is 9.97 Å². The summed E-state index contributed by atoms with van der Waals surface area (Å²) in [5, 5.41) is 0. The molecule has 0 spiro atoms. The molecule has 0 N–H and O–H groups in total. The zero-order valence-electron chi connectivity index (χ0n) is 8.64. The first kappa shape index (κ1) is 9.58. The second kappa shape index (κ2) is 3.65. The number of nitrogens with zero attached hydrogens (tertiary/aromatic N) is 3. The number of carbonyl (C=O) groups is 1. The molecule has 0 saturated carbocycles. The Morgan fingerprint density at radius 2 is 2.13 bits per heavy atom. The Balaban J connectivity index is 2.35. The molecule has 0 radical (unpaired) electrons. The van der Waals surface area contributed by atoms with Gasteiger partial charge < -0.3 is 4.57 Å². The Morgan fingerprint density at radius 1 is 1.33 bits per heavy atom. The smallest absolute Gasteiger partial charge is 0.178 e. The molecule has 2 aromatic heterocycles. The van der Waals surface area contributed by atoms with E-state index in [1.807, 2.05) is 23.8 Å². The van der Waals surface area contributed by atoms with Crippen LogP contribution in [0.25, 0.3) is 5.69 Å². The fraction of sp³-hybridized carbons (Fsp3) is 0.182. The molecule has 0 amide bonds. The molecule has 0 fully saturated rings. The van der Waals surface area contributed by atoms with Crippen LogP contribution in [0.2, 0.25) is 0 Å². The Morgan fingerprint density at radius 3 is 2.60 bits per heavy atom. The van der Waals surface area contributed by atoms with Gasteiger partial charge in [-0.15, -0.1) is 0 Å². The van der Waals surface area contributed by atoms with Gasteiger partial charge in [-0.05, 0) is 19.1 Å². The average molecular weight is 201 g/mol. The minimum Gasteiger partial charge on any atom is -0.304 e. The van der Waals surface area contributed by atoms with Gasteiger partial charge in [-0.2, -0.15) is 0 Å². The van der Waals surface area contributed by atoms with Crippen LogP contribution in [0.5, 0.6) is 0 Å². The lowest BCUT2D eigenvalue weighted by Gasteiger charge is -2.01. The molecule has 2 rings (SSSR count). The zero-order valence-corrected chi connectivity index (χ0v) is 8.64. The van der Waals surface area contributed by atoms with E-state index in [-0.39, 0.29) is 5.78 Å². The Hall–Kier alpha value is -1.97. The van der Waals surface area contributed by atoms with E-state index < -0.39 is 0 Å². The molecule has 0 atom stereocenters. The van der Waals surface area contributed by atoms with Crippen LogP contribution in [0.3, 0.4) is 0 Å². The third-order valence-electron chi connectivity index (χ3n) is 2.12. The lowest BCUT2D eigenvalue weighted by atomic mass is 10.2. The van der Waals surface area contributed by atoms with Crippen LogP contribution in [0, 0.1) is 6.92 Å². The molecule has 76 valence electrons. The van der Waals surface area contributed by atoms with Gasteiger partial charge in [0.1, 0.15) is 5.69 Å². The average Bonchev–Trinajstić information content (AvgIpc) is 2.65. The molecule has 0 saturated heterocycles. The highest BCUT2D eigenvalue weighted by Crippen LogP contribution is 2.07. The standard InChI is InChI=1S/C11H11N3O/c1-8-6-14(7-13-8)10-3-4-11(9(2)15)12-5-10/h3-7H,1-2H3. The first-order valence-electron chi connectivity index (χ1n) is 4.65. The van der Waals surface area contributed by atoms with E-state index in [1.165, 1.54) is 6.92 Å². The van der Waals surface area contributed by atoms with E-state index in [0.29, 0.717) is 5.69 Å². The SMILES string of the molecule is CC(=O)c1ccc(-n2cnc(C)c2)cn1. The maximum atomic E-state index is 11.0. The fourth-order valence-electron chi connectivity index (χ4n) is 1.31. The minimum atomic E-state index is -0.0247. The lowest BCUT2D eigenvalue weighted by molar-refractivity contribution is 0.101. The number of hydrogen-bond donors (Lipinski definition) is 0. The highest BCUT2D eigenvalue weighted by atomic mass is 16.1. The van der Waals surface area contributed by atoms with Crippen LogP contribution < -0.4 is 0 Å². The number of aromatic nitrogens is 3. The molecule has 0 aromatic carbocycles. The van der Waals surface area contributed by atoms with Crippen molar-refractivity contribution in [2.45, 2.75) is 13.8 Å². The quantitative estimate of drug-likeness (QED) is 0.696. The summed E-state index contributed by atoms with van der Waals surface area (Å²) in [6.07, 6.45) is 5.29. The monoisotopic (exact) mass is 201 g/mol. The van der Waals surface area contributed by atoms with Crippen molar-refractivity contribution < 1.29 is 4.79 Å². The molecular formula is C11H11N3O. The van der Waals surface area contributed by atoms with Crippen molar-refractivity contribution in [1.82, 2.24) is 14.5 Å². The van der Waals surface area contributed by atoms with Crippen LogP contribution in [0.1, 0.15) is 23.1 Å². The van der Waals surface area contributed by atoms with Crippen molar-refractivity contribution >= 4 is 5.78 Å². The van der Waals surface area contributed by atoms with Gasteiger partial charge in [0.15, 0.2) is 5.78 Å². The molecule has 0 aliphatic rings. The zero-order chi connectivity index (χ0) is 10.8. The topological polar surface area (TPSA) is 47.8 Å². The lowest BCUT2D eigenvalue weighted by Crippen LogP contribution is -1.98. The summed E-state index contributed by atoms with van der Waals surface area (Å²) in [6, 6.07) is 3.57. The summed E-state index contributed by atoms with van der Waals surface area (Å²) in [5.74, 6) is -0.0247. The number of rotatable bonds is 2. The summed E-state index contributed by atoms with van der Waals surface area (Å²) in [4.78, 5) is 19.2. The summed E-state index contributed by atoms with van der Waals surface area (Å²) < 4.78 is 1.87. The highest BCUT2D eigenvalue weighted by molar-refractivity contribution is 5.92. The van der Waals surface area contributed by atoms with Gasteiger partial charge in [0.25, 0.3) is 0 Å². The highest BCUT2D eigenvalue weighted by Gasteiger charge is 2.02. The molecule has 0 aliphatic heterocycles. The van der Waals surface area contributed by atoms with E-state index in [4.69, 9.17) is 0 Å². The summed E-state index contributed by atoms with van der Waals surface area (Å²) in [5.41, 5.74) is 2.34. The maximum absolute atomic E-state index is 11.0. The fourth-order valence-corrected chi connectivity index (χ4v) is 1.31. The van der Waals surface area contributed by atoms with Gasteiger partial charge in [0, 0.05) is 13.1 Å². The van der Waals surface area contributed by atoms with Crippen molar-refractivity contribution in [2.24, 2.45) is 0 Å². The van der Waals surface area contributed by atoms with E-state index in [1.54, 1.807) is 18.6 Å². The van der Waals surface area contributed by atoms with Crippen LogP contribution in [0.15, 0.2) is 30.9 Å². The second-order valence-corrected chi connectivity index (χ2v) is 3.38. The molecule has 0 unspecified atom stereocenters. The molecule has 15 heavy (non-hydrogen) atoms. The van der Waals surface area contributed by atoms with Crippen molar-refractivity contribution in [1.29, 1.82) is 0 Å². The van der Waals surface area contributed by atoms with Gasteiger partial charge in [-0.3, -0.25) is 9.78 Å². The number of imidazole rings is 1. The van der Waals surface area contributed by atoms with Crippen molar-refractivity contribution in [2.75, 3.05) is 0 Å². The number of hydrogen-bond acceptors (Lipinski definition) is 3. The Kier molecular flexibility index (Phi) is 2.33. The molecule has 2 heterocycles. The van der Waals surface area contributed by atoms with Crippen LogP contribution in [-0.2, 0) is 0 Å². The molecule has 4 nitrogen and oxygen atoms in total. The van der Waals surface area contributed by atoms with Crippen molar-refractivity contribution in [3.8, 4) is 5.69 Å². The molecule has 2 aromatic rings. The molecular weight excluding hydrogens is 190 g/mol.